The van der Waals surface area contributed by atoms with Crippen LogP contribution in [0, 0.1) is 0 Å². The standard InChI is InChI=1S/C11H13ClO/c1-3-8-5-6-10(12)9(7-8)11(13)4-2/h5-7H,3-4H2,1-2H3. The van der Waals surface area contributed by atoms with E-state index < -0.39 is 0 Å². The van der Waals surface area contributed by atoms with Gasteiger partial charge in [0.05, 0.1) is 5.02 Å². The zero-order valence-corrected chi connectivity index (χ0v) is 8.69. The van der Waals surface area contributed by atoms with Crippen LogP contribution in [-0.2, 0) is 6.42 Å². The molecule has 1 aromatic rings. The molecule has 13 heavy (non-hydrogen) atoms. The molecular formula is C11H13ClO. The third-order valence-electron chi connectivity index (χ3n) is 2.06. The van der Waals surface area contributed by atoms with Gasteiger partial charge in [-0.05, 0) is 24.1 Å². The molecule has 0 unspecified atom stereocenters. The maximum atomic E-state index is 11.4. The lowest BCUT2D eigenvalue weighted by Gasteiger charge is -2.03. The summed E-state index contributed by atoms with van der Waals surface area (Å²) in [6.07, 6.45) is 1.44. The Labute approximate surface area is 83.7 Å². The molecule has 0 bridgehead atoms. The van der Waals surface area contributed by atoms with E-state index in [1.54, 1.807) is 6.07 Å². The van der Waals surface area contributed by atoms with E-state index in [1.807, 2.05) is 19.1 Å². The summed E-state index contributed by atoms with van der Waals surface area (Å²) in [6.45, 7) is 3.90. The van der Waals surface area contributed by atoms with Gasteiger partial charge in [-0.3, -0.25) is 4.79 Å². The number of halogens is 1. The molecule has 1 rings (SSSR count). The first kappa shape index (κ1) is 10.3. The average molecular weight is 197 g/mol. The van der Waals surface area contributed by atoms with Gasteiger partial charge in [0.25, 0.3) is 0 Å². The number of hydrogen-bond donors (Lipinski definition) is 0. The molecule has 0 saturated carbocycles. The molecule has 0 heterocycles. The maximum absolute atomic E-state index is 11.4. The Balaban J connectivity index is 3.11. The molecule has 0 saturated heterocycles. The number of hydrogen-bond acceptors (Lipinski definition) is 1. The average Bonchev–Trinajstić information content (AvgIpc) is 2.17. The van der Waals surface area contributed by atoms with Crippen LogP contribution < -0.4 is 0 Å². The predicted molar refractivity (Wildman–Crippen MR) is 55.5 cm³/mol. The highest BCUT2D eigenvalue weighted by Crippen LogP contribution is 2.19. The lowest BCUT2D eigenvalue weighted by Crippen LogP contribution is -1.98. The molecule has 0 aliphatic heterocycles. The van der Waals surface area contributed by atoms with Gasteiger partial charge in [0.1, 0.15) is 0 Å². The maximum Gasteiger partial charge on any atom is 0.164 e. The second-order valence-electron chi connectivity index (χ2n) is 2.94. The summed E-state index contributed by atoms with van der Waals surface area (Å²) in [5.74, 6) is 0.111. The van der Waals surface area contributed by atoms with Crippen LogP contribution in [0.25, 0.3) is 0 Å². The number of rotatable bonds is 3. The smallest absolute Gasteiger partial charge is 0.164 e. The van der Waals surface area contributed by atoms with E-state index in [0.29, 0.717) is 17.0 Å². The fraction of sp³-hybridized carbons (Fsp3) is 0.364. The van der Waals surface area contributed by atoms with Crippen LogP contribution in [-0.4, -0.2) is 5.78 Å². The van der Waals surface area contributed by atoms with Crippen molar-refractivity contribution in [2.75, 3.05) is 0 Å². The van der Waals surface area contributed by atoms with Crippen LogP contribution in [0.5, 0.6) is 0 Å². The molecule has 0 radical (unpaired) electrons. The van der Waals surface area contributed by atoms with E-state index in [2.05, 4.69) is 6.92 Å². The Morgan fingerprint density at radius 2 is 2.08 bits per heavy atom. The van der Waals surface area contributed by atoms with Gasteiger partial charge in [-0.2, -0.15) is 0 Å². The monoisotopic (exact) mass is 196 g/mol. The first-order valence-electron chi connectivity index (χ1n) is 4.50. The highest BCUT2D eigenvalue weighted by molar-refractivity contribution is 6.33. The van der Waals surface area contributed by atoms with Crippen LogP contribution in [0.2, 0.25) is 5.02 Å². The zero-order chi connectivity index (χ0) is 9.84. The molecule has 0 atom stereocenters. The van der Waals surface area contributed by atoms with Crippen molar-refractivity contribution in [1.29, 1.82) is 0 Å². The molecule has 70 valence electrons. The molecule has 2 heteroatoms. The largest absolute Gasteiger partial charge is 0.294 e. The summed E-state index contributed by atoms with van der Waals surface area (Å²) in [5, 5.41) is 0.559. The SMILES string of the molecule is CCC(=O)c1cc(CC)ccc1Cl. The van der Waals surface area contributed by atoms with Gasteiger partial charge in [-0.1, -0.05) is 31.5 Å². The fourth-order valence-electron chi connectivity index (χ4n) is 1.20. The Bertz CT molecular complexity index is 318. The van der Waals surface area contributed by atoms with E-state index in [-0.39, 0.29) is 5.78 Å². The third kappa shape index (κ3) is 2.31. The van der Waals surface area contributed by atoms with E-state index in [9.17, 15) is 4.79 Å². The second kappa shape index (κ2) is 4.43. The fourth-order valence-corrected chi connectivity index (χ4v) is 1.42. The minimum atomic E-state index is 0.111. The van der Waals surface area contributed by atoms with Gasteiger partial charge in [0.2, 0.25) is 0 Å². The Morgan fingerprint density at radius 3 is 2.62 bits per heavy atom. The van der Waals surface area contributed by atoms with Crippen molar-refractivity contribution in [3.63, 3.8) is 0 Å². The molecule has 0 amide bonds. The highest BCUT2D eigenvalue weighted by Gasteiger charge is 2.08. The minimum absolute atomic E-state index is 0.111. The van der Waals surface area contributed by atoms with Crippen LogP contribution in [0.15, 0.2) is 18.2 Å². The van der Waals surface area contributed by atoms with Gasteiger partial charge >= 0.3 is 0 Å². The number of ketones is 1. The first-order valence-corrected chi connectivity index (χ1v) is 4.88. The van der Waals surface area contributed by atoms with Gasteiger partial charge in [0.15, 0.2) is 5.78 Å². The van der Waals surface area contributed by atoms with Crippen LogP contribution in [0.4, 0.5) is 0 Å². The van der Waals surface area contributed by atoms with Gasteiger partial charge < -0.3 is 0 Å². The third-order valence-corrected chi connectivity index (χ3v) is 2.39. The minimum Gasteiger partial charge on any atom is -0.294 e. The van der Waals surface area contributed by atoms with E-state index >= 15 is 0 Å². The Kier molecular flexibility index (Phi) is 3.49. The highest BCUT2D eigenvalue weighted by atomic mass is 35.5. The molecule has 0 aliphatic carbocycles. The molecule has 0 aliphatic rings. The molecule has 0 fully saturated rings. The van der Waals surface area contributed by atoms with E-state index in [1.165, 1.54) is 0 Å². The summed E-state index contributed by atoms with van der Waals surface area (Å²) < 4.78 is 0. The lowest BCUT2D eigenvalue weighted by atomic mass is 10.0. The molecule has 0 spiro atoms. The van der Waals surface area contributed by atoms with Crippen molar-refractivity contribution >= 4 is 17.4 Å². The van der Waals surface area contributed by atoms with Crippen molar-refractivity contribution in [2.45, 2.75) is 26.7 Å². The number of benzene rings is 1. The summed E-state index contributed by atoms with van der Waals surface area (Å²) in [7, 11) is 0. The molecule has 1 nitrogen and oxygen atoms in total. The number of aryl methyl sites for hydroxylation is 1. The molecule has 0 aromatic heterocycles. The molecule has 0 N–H and O–H groups in total. The quantitative estimate of drug-likeness (QED) is 0.677. The summed E-state index contributed by atoms with van der Waals surface area (Å²) in [6, 6.07) is 5.63. The second-order valence-corrected chi connectivity index (χ2v) is 3.35. The Morgan fingerprint density at radius 1 is 1.38 bits per heavy atom. The molecular weight excluding hydrogens is 184 g/mol. The summed E-state index contributed by atoms with van der Waals surface area (Å²) in [4.78, 5) is 11.4. The normalized spacial score (nSPS) is 10.1. The lowest BCUT2D eigenvalue weighted by molar-refractivity contribution is 0.0988. The van der Waals surface area contributed by atoms with Crippen molar-refractivity contribution in [1.82, 2.24) is 0 Å². The zero-order valence-electron chi connectivity index (χ0n) is 7.93. The topological polar surface area (TPSA) is 17.1 Å². The summed E-state index contributed by atoms with van der Waals surface area (Å²) in [5.41, 5.74) is 1.81. The van der Waals surface area contributed by atoms with Crippen LogP contribution in [0.1, 0.15) is 36.2 Å². The number of Topliss-reactive ketones (excluding diaryl/α,β-unsaturated/α-hetero) is 1. The van der Waals surface area contributed by atoms with Crippen LogP contribution in [0.3, 0.4) is 0 Å². The van der Waals surface area contributed by atoms with Crippen LogP contribution >= 0.6 is 11.6 Å². The predicted octanol–water partition coefficient (Wildman–Crippen LogP) is 3.50. The van der Waals surface area contributed by atoms with Gasteiger partial charge in [-0.25, -0.2) is 0 Å². The van der Waals surface area contributed by atoms with Crippen molar-refractivity contribution in [3.8, 4) is 0 Å². The summed E-state index contributed by atoms with van der Waals surface area (Å²) >= 11 is 5.91. The number of carbonyl (C=O) groups is 1. The van der Waals surface area contributed by atoms with Crippen molar-refractivity contribution < 1.29 is 4.79 Å². The van der Waals surface area contributed by atoms with Gasteiger partial charge in [-0.15, -0.1) is 0 Å². The van der Waals surface area contributed by atoms with E-state index in [0.717, 1.165) is 12.0 Å². The van der Waals surface area contributed by atoms with E-state index in [4.69, 9.17) is 11.6 Å². The van der Waals surface area contributed by atoms with Crippen molar-refractivity contribution in [3.05, 3.63) is 34.3 Å². The Hall–Kier alpha value is -0.820. The van der Waals surface area contributed by atoms with Gasteiger partial charge in [0, 0.05) is 12.0 Å². The van der Waals surface area contributed by atoms with Crippen molar-refractivity contribution in [2.24, 2.45) is 0 Å². The number of carbonyl (C=O) groups excluding carboxylic acids is 1. The first-order chi connectivity index (χ1) is 6.19. The molecule has 1 aromatic carbocycles.